The van der Waals surface area contributed by atoms with Gasteiger partial charge in [-0.1, -0.05) is 0 Å². The Morgan fingerprint density at radius 1 is 1.23 bits per heavy atom. The fraction of sp³-hybridized carbons (Fsp3) is 0.375. The molecule has 0 bridgehead atoms. The summed E-state index contributed by atoms with van der Waals surface area (Å²) in [7, 11) is 3.43. The number of benzene rings is 1. The lowest BCUT2D eigenvalue weighted by molar-refractivity contribution is -0.143. The van der Waals surface area contributed by atoms with E-state index < -0.39 is 0 Å². The summed E-state index contributed by atoms with van der Waals surface area (Å²) in [5, 5.41) is 4.05. The van der Waals surface area contributed by atoms with Crippen LogP contribution in [0.3, 0.4) is 0 Å². The third kappa shape index (κ3) is 3.57. The van der Waals surface area contributed by atoms with E-state index in [2.05, 4.69) is 5.32 Å². The van der Waals surface area contributed by atoms with Crippen LogP contribution in [0.1, 0.15) is 29.4 Å². The van der Waals surface area contributed by atoms with Crippen molar-refractivity contribution in [1.29, 1.82) is 0 Å². The normalized spacial score (nSPS) is 10.5. The second-order valence-corrected chi connectivity index (χ2v) is 5.76. The van der Waals surface area contributed by atoms with Crippen molar-refractivity contribution in [3.05, 3.63) is 23.1 Å². The highest BCUT2D eigenvalue weighted by Crippen LogP contribution is 2.35. The van der Waals surface area contributed by atoms with Crippen molar-refractivity contribution >= 4 is 38.9 Å². The van der Waals surface area contributed by atoms with E-state index in [-0.39, 0.29) is 24.6 Å². The van der Waals surface area contributed by atoms with Crippen LogP contribution in [0.2, 0.25) is 0 Å². The van der Waals surface area contributed by atoms with Crippen LogP contribution in [-0.4, -0.2) is 32.5 Å². The van der Waals surface area contributed by atoms with Gasteiger partial charge < -0.3 is 14.8 Å². The van der Waals surface area contributed by atoms with Crippen molar-refractivity contribution in [1.82, 2.24) is 0 Å². The van der Waals surface area contributed by atoms with Crippen LogP contribution < -0.4 is 10.1 Å². The Balaban J connectivity index is 2.18. The van der Waals surface area contributed by atoms with Gasteiger partial charge in [0.1, 0.15) is 5.75 Å². The predicted octanol–water partition coefficient (Wildman–Crippen LogP) is 3.48. The molecule has 0 saturated carbocycles. The Morgan fingerprint density at radius 2 is 2.00 bits per heavy atom. The van der Waals surface area contributed by atoms with E-state index in [1.807, 2.05) is 25.2 Å². The number of ether oxygens (including phenoxy) is 2. The molecule has 1 aromatic carbocycles. The standard InChI is InChI=1S/C16H19NO4S/c1-4-21-16(19)6-5-12(18)15-8-10-7-11(17-2)13(20-3)9-14(10)22-15/h7-9,17H,4-6H2,1-3H3. The molecule has 0 aliphatic carbocycles. The SMILES string of the molecule is CCOC(=O)CCC(=O)c1cc2cc(NC)c(OC)cc2s1. The van der Waals surface area contributed by atoms with Gasteiger partial charge in [-0.3, -0.25) is 9.59 Å². The van der Waals surface area contributed by atoms with Crippen LogP contribution in [0.25, 0.3) is 10.1 Å². The fourth-order valence-corrected chi connectivity index (χ4v) is 3.18. The number of esters is 1. The van der Waals surface area contributed by atoms with Gasteiger partial charge >= 0.3 is 5.97 Å². The minimum Gasteiger partial charge on any atom is -0.495 e. The smallest absolute Gasteiger partial charge is 0.306 e. The average Bonchev–Trinajstić information content (AvgIpc) is 2.94. The topological polar surface area (TPSA) is 64.6 Å². The molecule has 0 radical (unpaired) electrons. The number of nitrogens with one attached hydrogen (secondary N) is 1. The Hall–Kier alpha value is -2.08. The Kier molecular flexibility index (Phi) is 5.38. The molecule has 2 aromatic rings. The zero-order valence-electron chi connectivity index (χ0n) is 12.9. The first kappa shape index (κ1) is 16.3. The molecule has 0 spiro atoms. The van der Waals surface area contributed by atoms with Gasteiger partial charge in [-0.15, -0.1) is 11.3 Å². The molecular weight excluding hydrogens is 302 g/mol. The number of thiophene rings is 1. The van der Waals surface area contributed by atoms with Gasteiger partial charge in [-0.05, 0) is 24.4 Å². The predicted molar refractivity (Wildman–Crippen MR) is 88.1 cm³/mol. The number of fused-ring (bicyclic) bond motifs is 1. The maximum absolute atomic E-state index is 12.2. The van der Waals surface area contributed by atoms with E-state index in [1.165, 1.54) is 11.3 Å². The first-order valence-electron chi connectivity index (χ1n) is 7.07. The van der Waals surface area contributed by atoms with Crippen molar-refractivity contribution in [2.24, 2.45) is 0 Å². The van der Waals surface area contributed by atoms with Gasteiger partial charge in [-0.25, -0.2) is 0 Å². The third-order valence-corrected chi connectivity index (χ3v) is 4.38. The van der Waals surface area contributed by atoms with Crippen molar-refractivity contribution in [2.45, 2.75) is 19.8 Å². The van der Waals surface area contributed by atoms with Gasteiger partial charge in [-0.2, -0.15) is 0 Å². The van der Waals surface area contributed by atoms with Crippen LogP contribution in [0.5, 0.6) is 5.75 Å². The van der Waals surface area contributed by atoms with E-state index in [1.54, 1.807) is 14.0 Å². The Bertz CT molecular complexity index is 652. The first-order chi connectivity index (χ1) is 10.6. The van der Waals surface area contributed by atoms with Crippen molar-refractivity contribution < 1.29 is 19.1 Å². The minimum absolute atomic E-state index is 0.0424. The fourth-order valence-electron chi connectivity index (χ4n) is 2.14. The number of Topliss-reactive ketones (excluding diaryl/α,β-unsaturated/α-hetero) is 1. The van der Waals surface area contributed by atoms with Gasteiger partial charge in [0.2, 0.25) is 0 Å². The molecule has 0 saturated heterocycles. The molecule has 22 heavy (non-hydrogen) atoms. The number of hydrogen-bond donors (Lipinski definition) is 1. The number of anilines is 1. The lowest BCUT2D eigenvalue weighted by atomic mass is 10.1. The molecule has 0 atom stereocenters. The van der Waals surface area contributed by atoms with E-state index in [4.69, 9.17) is 9.47 Å². The number of hydrogen-bond acceptors (Lipinski definition) is 6. The van der Waals surface area contributed by atoms with Crippen LogP contribution in [0.15, 0.2) is 18.2 Å². The Morgan fingerprint density at radius 3 is 2.64 bits per heavy atom. The zero-order chi connectivity index (χ0) is 16.1. The van der Waals surface area contributed by atoms with Gasteiger partial charge in [0.05, 0.1) is 30.7 Å². The van der Waals surface area contributed by atoms with E-state index in [9.17, 15) is 9.59 Å². The summed E-state index contributed by atoms with van der Waals surface area (Å²) in [6, 6.07) is 5.72. The number of carbonyl (C=O) groups is 2. The molecule has 2 rings (SSSR count). The number of carbonyl (C=O) groups excluding carboxylic acids is 2. The molecule has 6 heteroatoms. The largest absolute Gasteiger partial charge is 0.495 e. The van der Waals surface area contributed by atoms with Gasteiger partial charge in [0.15, 0.2) is 5.78 Å². The van der Waals surface area contributed by atoms with E-state index in [0.29, 0.717) is 11.5 Å². The summed E-state index contributed by atoms with van der Waals surface area (Å²) >= 11 is 1.41. The lowest BCUT2D eigenvalue weighted by Gasteiger charge is -2.07. The monoisotopic (exact) mass is 321 g/mol. The summed E-state index contributed by atoms with van der Waals surface area (Å²) in [4.78, 5) is 24.2. The van der Waals surface area contributed by atoms with Crippen LogP contribution in [-0.2, 0) is 9.53 Å². The maximum atomic E-state index is 12.2. The van der Waals surface area contributed by atoms with E-state index >= 15 is 0 Å². The quantitative estimate of drug-likeness (QED) is 0.625. The highest BCUT2D eigenvalue weighted by Gasteiger charge is 2.14. The van der Waals surface area contributed by atoms with Crippen LogP contribution in [0, 0.1) is 0 Å². The first-order valence-corrected chi connectivity index (χ1v) is 7.88. The average molecular weight is 321 g/mol. The summed E-state index contributed by atoms with van der Waals surface area (Å²) in [5.41, 5.74) is 0.873. The molecule has 1 aromatic heterocycles. The number of rotatable bonds is 7. The molecule has 5 nitrogen and oxygen atoms in total. The molecule has 0 aliphatic heterocycles. The van der Waals surface area contributed by atoms with Gasteiger partial charge in [0, 0.05) is 24.2 Å². The molecular formula is C16H19NO4S. The molecule has 0 aliphatic rings. The second kappa shape index (κ2) is 7.26. The highest BCUT2D eigenvalue weighted by molar-refractivity contribution is 7.20. The van der Waals surface area contributed by atoms with Crippen molar-refractivity contribution in [2.75, 3.05) is 26.1 Å². The second-order valence-electron chi connectivity index (χ2n) is 4.68. The van der Waals surface area contributed by atoms with Crippen molar-refractivity contribution in [3.63, 3.8) is 0 Å². The summed E-state index contributed by atoms with van der Waals surface area (Å²) in [6.45, 7) is 2.08. The summed E-state index contributed by atoms with van der Waals surface area (Å²) in [6.07, 6.45) is 0.285. The van der Waals surface area contributed by atoms with Crippen LogP contribution in [0.4, 0.5) is 5.69 Å². The molecule has 0 fully saturated rings. The van der Waals surface area contributed by atoms with Crippen LogP contribution >= 0.6 is 11.3 Å². The molecule has 1 heterocycles. The summed E-state index contributed by atoms with van der Waals surface area (Å²) < 4.78 is 11.1. The van der Waals surface area contributed by atoms with E-state index in [0.717, 1.165) is 21.5 Å². The maximum Gasteiger partial charge on any atom is 0.306 e. The molecule has 1 N–H and O–H groups in total. The molecule has 0 amide bonds. The number of methoxy groups -OCH3 is 1. The minimum atomic E-state index is -0.337. The van der Waals surface area contributed by atoms with Crippen molar-refractivity contribution in [3.8, 4) is 5.75 Å². The third-order valence-electron chi connectivity index (χ3n) is 3.24. The molecule has 0 unspecified atom stereocenters. The highest BCUT2D eigenvalue weighted by atomic mass is 32.1. The lowest BCUT2D eigenvalue weighted by Crippen LogP contribution is -2.07. The number of ketones is 1. The Labute approximate surface area is 133 Å². The van der Waals surface area contributed by atoms with Gasteiger partial charge in [0.25, 0.3) is 0 Å². The zero-order valence-corrected chi connectivity index (χ0v) is 13.7. The summed E-state index contributed by atoms with van der Waals surface area (Å²) in [5.74, 6) is 0.359. The molecule has 118 valence electrons.